The second kappa shape index (κ2) is 3.59. The second-order valence-electron chi connectivity index (χ2n) is 3.35. The maximum Gasteiger partial charge on any atom is 0.238 e. The van der Waals surface area contributed by atoms with E-state index in [0.717, 1.165) is 5.39 Å². The van der Waals surface area contributed by atoms with Crippen LogP contribution in [0.1, 0.15) is 5.56 Å². The van der Waals surface area contributed by atoms with Crippen molar-refractivity contribution in [1.29, 1.82) is 5.26 Å². The quantitative estimate of drug-likeness (QED) is 0.805. The lowest BCUT2D eigenvalue weighted by Gasteiger charge is -2.04. The molecule has 4 nitrogen and oxygen atoms in total. The molecule has 2 aromatic carbocycles. The third-order valence-corrected chi connectivity index (χ3v) is 3.25. The SMILES string of the molecule is N#Cc1ccc2cccc(S(N)(=O)=O)c2c1. The molecule has 0 heterocycles. The lowest BCUT2D eigenvalue weighted by atomic mass is 10.1. The number of nitrogens with two attached hydrogens (primary N) is 1. The molecule has 0 saturated carbocycles. The minimum Gasteiger partial charge on any atom is -0.225 e. The van der Waals surface area contributed by atoms with Crippen LogP contribution in [0.4, 0.5) is 0 Å². The van der Waals surface area contributed by atoms with Crippen molar-refractivity contribution in [3.05, 3.63) is 42.0 Å². The van der Waals surface area contributed by atoms with Crippen molar-refractivity contribution in [3.8, 4) is 6.07 Å². The molecule has 2 N–H and O–H groups in total. The van der Waals surface area contributed by atoms with E-state index in [-0.39, 0.29) is 4.90 Å². The first-order chi connectivity index (χ1) is 7.52. The van der Waals surface area contributed by atoms with Crippen molar-refractivity contribution in [2.75, 3.05) is 0 Å². The largest absolute Gasteiger partial charge is 0.238 e. The average molecular weight is 232 g/mol. The van der Waals surface area contributed by atoms with Gasteiger partial charge >= 0.3 is 0 Å². The summed E-state index contributed by atoms with van der Waals surface area (Å²) in [6.45, 7) is 0. The minimum atomic E-state index is -3.76. The number of sulfonamides is 1. The minimum absolute atomic E-state index is 0.0436. The summed E-state index contributed by atoms with van der Waals surface area (Å²) >= 11 is 0. The molecule has 0 aliphatic rings. The summed E-state index contributed by atoms with van der Waals surface area (Å²) in [5.41, 5.74) is 0.406. The standard InChI is InChI=1S/C11H8N2O2S/c12-7-8-4-5-9-2-1-3-11(10(9)6-8)16(13,14)15/h1-6H,(H2,13,14,15). The van der Waals surface area contributed by atoms with Crippen LogP contribution in [0.2, 0.25) is 0 Å². The molecule has 16 heavy (non-hydrogen) atoms. The van der Waals surface area contributed by atoms with Crippen LogP contribution in [0.5, 0.6) is 0 Å². The zero-order valence-electron chi connectivity index (χ0n) is 8.21. The Hall–Kier alpha value is -1.90. The van der Waals surface area contributed by atoms with E-state index in [1.807, 2.05) is 6.07 Å². The highest BCUT2D eigenvalue weighted by Gasteiger charge is 2.11. The van der Waals surface area contributed by atoms with Gasteiger partial charge in [-0.3, -0.25) is 0 Å². The van der Waals surface area contributed by atoms with Crippen molar-refractivity contribution in [3.63, 3.8) is 0 Å². The highest BCUT2D eigenvalue weighted by atomic mass is 32.2. The van der Waals surface area contributed by atoms with Gasteiger partial charge in [-0.25, -0.2) is 13.6 Å². The van der Waals surface area contributed by atoms with Gasteiger partial charge in [0.25, 0.3) is 0 Å². The van der Waals surface area contributed by atoms with Gasteiger partial charge in [-0.05, 0) is 23.6 Å². The molecule has 0 saturated heterocycles. The molecule has 0 amide bonds. The lowest BCUT2D eigenvalue weighted by molar-refractivity contribution is 0.598. The Morgan fingerprint density at radius 2 is 1.94 bits per heavy atom. The molecule has 0 bridgehead atoms. The molecule has 2 aromatic rings. The number of nitriles is 1. The van der Waals surface area contributed by atoms with Crippen LogP contribution in [-0.2, 0) is 10.0 Å². The van der Waals surface area contributed by atoms with Crippen molar-refractivity contribution in [2.45, 2.75) is 4.90 Å². The molecule has 2 rings (SSSR count). The van der Waals surface area contributed by atoms with Crippen molar-refractivity contribution in [1.82, 2.24) is 0 Å². The van der Waals surface area contributed by atoms with Crippen LogP contribution < -0.4 is 5.14 Å². The van der Waals surface area contributed by atoms with Crippen LogP contribution >= 0.6 is 0 Å². The molecule has 0 aliphatic heterocycles. The molecule has 0 fully saturated rings. The smallest absolute Gasteiger partial charge is 0.225 e. The van der Waals surface area contributed by atoms with Crippen LogP contribution in [0.3, 0.4) is 0 Å². The van der Waals surface area contributed by atoms with Crippen LogP contribution in [0.15, 0.2) is 41.3 Å². The number of rotatable bonds is 1. The highest BCUT2D eigenvalue weighted by Crippen LogP contribution is 2.22. The molecule has 5 heteroatoms. The molecule has 0 atom stereocenters. The van der Waals surface area contributed by atoms with Crippen LogP contribution in [0, 0.1) is 11.3 Å². The van der Waals surface area contributed by atoms with Crippen molar-refractivity contribution < 1.29 is 8.42 Å². The van der Waals surface area contributed by atoms with Gasteiger partial charge in [-0.2, -0.15) is 5.26 Å². The monoisotopic (exact) mass is 232 g/mol. The summed E-state index contributed by atoms with van der Waals surface area (Å²) in [7, 11) is -3.76. The summed E-state index contributed by atoms with van der Waals surface area (Å²) in [5.74, 6) is 0. The molecule has 0 aliphatic carbocycles. The van der Waals surface area contributed by atoms with E-state index in [9.17, 15) is 8.42 Å². The predicted molar refractivity (Wildman–Crippen MR) is 60.0 cm³/mol. The highest BCUT2D eigenvalue weighted by molar-refractivity contribution is 7.89. The first-order valence-electron chi connectivity index (χ1n) is 4.48. The lowest BCUT2D eigenvalue weighted by Crippen LogP contribution is -2.12. The van der Waals surface area contributed by atoms with Gasteiger partial charge in [0.05, 0.1) is 16.5 Å². The molecule has 0 spiro atoms. The fourth-order valence-electron chi connectivity index (χ4n) is 1.56. The third kappa shape index (κ3) is 1.76. The maximum absolute atomic E-state index is 11.3. The molecular formula is C11H8N2O2S. The summed E-state index contributed by atoms with van der Waals surface area (Å²) < 4.78 is 22.7. The van der Waals surface area contributed by atoms with Gasteiger partial charge in [-0.15, -0.1) is 0 Å². The van der Waals surface area contributed by atoms with E-state index in [4.69, 9.17) is 10.4 Å². The average Bonchev–Trinajstić information content (AvgIpc) is 2.26. The van der Waals surface area contributed by atoms with Gasteiger partial charge < -0.3 is 0 Å². The molecule has 80 valence electrons. The molecular weight excluding hydrogens is 224 g/mol. The molecule has 0 radical (unpaired) electrons. The first-order valence-corrected chi connectivity index (χ1v) is 6.03. The van der Waals surface area contributed by atoms with Crippen molar-refractivity contribution >= 4 is 20.8 Å². The van der Waals surface area contributed by atoms with E-state index in [0.29, 0.717) is 10.9 Å². The van der Waals surface area contributed by atoms with E-state index in [1.54, 1.807) is 24.3 Å². The topological polar surface area (TPSA) is 83.9 Å². The van der Waals surface area contributed by atoms with Gasteiger partial charge in [0.1, 0.15) is 0 Å². The van der Waals surface area contributed by atoms with E-state index < -0.39 is 10.0 Å². The van der Waals surface area contributed by atoms with Crippen molar-refractivity contribution in [2.24, 2.45) is 5.14 Å². The Morgan fingerprint density at radius 3 is 2.56 bits per heavy atom. The Bertz CT molecular complexity index is 699. The normalized spacial score (nSPS) is 11.2. The molecule has 0 aromatic heterocycles. The second-order valence-corrected chi connectivity index (χ2v) is 4.88. The predicted octanol–water partition coefficient (Wildman–Crippen LogP) is 1.36. The first kappa shape index (κ1) is 10.6. The number of hydrogen-bond donors (Lipinski definition) is 1. The Labute approximate surface area is 93.0 Å². The van der Waals surface area contributed by atoms with E-state index in [2.05, 4.69) is 0 Å². The van der Waals surface area contributed by atoms with Gasteiger partial charge in [0.15, 0.2) is 0 Å². The summed E-state index contributed by atoms with van der Waals surface area (Å²) in [6.07, 6.45) is 0. The summed E-state index contributed by atoms with van der Waals surface area (Å²) in [6, 6.07) is 11.6. The summed E-state index contributed by atoms with van der Waals surface area (Å²) in [5, 5.41) is 15.1. The van der Waals surface area contributed by atoms with Gasteiger partial charge in [0, 0.05) is 5.39 Å². The van der Waals surface area contributed by atoms with E-state index in [1.165, 1.54) is 12.1 Å². The van der Waals surface area contributed by atoms with Crippen LogP contribution in [-0.4, -0.2) is 8.42 Å². The Kier molecular flexibility index (Phi) is 2.38. The summed E-state index contributed by atoms with van der Waals surface area (Å²) in [4.78, 5) is 0.0436. The Morgan fingerprint density at radius 1 is 1.19 bits per heavy atom. The van der Waals surface area contributed by atoms with E-state index >= 15 is 0 Å². The number of fused-ring (bicyclic) bond motifs is 1. The molecule has 0 unspecified atom stereocenters. The number of hydrogen-bond acceptors (Lipinski definition) is 3. The Balaban J connectivity index is 2.91. The number of nitrogens with zero attached hydrogens (tertiary/aromatic N) is 1. The van der Waals surface area contributed by atoms with Crippen LogP contribution in [0.25, 0.3) is 10.8 Å². The number of primary sulfonamides is 1. The zero-order valence-corrected chi connectivity index (χ0v) is 9.03. The third-order valence-electron chi connectivity index (χ3n) is 2.28. The van der Waals surface area contributed by atoms with Gasteiger partial charge in [0.2, 0.25) is 10.0 Å². The zero-order chi connectivity index (χ0) is 11.8. The van der Waals surface area contributed by atoms with Gasteiger partial charge in [-0.1, -0.05) is 18.2 Å². The fourth-order valence-corrected chi connectivity index (χ4v) is 2.31. The number of benzene rings is 2. The maximum atomic E-state index is 11.3. The fraction of sp³-hybridized carbons (Fsp3) is 0.